The van der Waals surface area contributed by atoms with E-state index in [1.807, 2.05) is 72.9 Å². The fraction of sp³-hybridized carbons (Fsp3) is 0.257. The van der Waals surface area contributed by atoms with Gasteiger partial charge in [-0.1, -0.05) is 36.4 Å². The third kappa shape index (κ3) is 5.66. The summed E-state index contributed by atoms with van der Waals surface area (Å²) in [7, 11) is 6.31. The van der Waals surface area contributed by atoms with E-state index >= 15 is 0 Å². The first-order chi connectivity index (χ1) is 21.5. The number of nitrogens with zero attached hydrogens (tertiary/aromatic N) is 1. The molecule has 228 valence electrons. The molecule has 0 fully saturated rings. The Labute approximate surface area is 255 Å². The summed E-state index contributed by atoms with van der Waals surface area (Å²) < 4.78 is 24.2. The Kier molecular flexibility index (Phi) is 9.35. The molecule has 0 aliphatic rings. The van der Waals surface area contributed by atoms with Crippen molar-refractivity contribution in [3.63, 3.8) is 0 Å². The first-order valence-electron chi connectivity index (χ1n) is 14.4. The topological polar surface area (TPSA) is 108 Å². The van der Waals surface area contributed by atoms with E-state index < -0.39 is 11.7 Å². The normalized spacial score (nSPS) is 11.0. The number of aliphatic hydroxyl groups excluding tert-OH is 1. The molecular weight excluding hydrogens is 560 g/mol. The van der Waals surface area contributed by atoms with Crippen LogP contribution in [-0.2, 0) is 4.79 Å². The minimum Gasteiger partial charge on any atom is -0.493 e. The number of ether oxygens (including phenoxy) is 4. The average Bonchev–Trinajstić information content (AvgIpc) is 3.42. The zero-order valence-electron chi connectivity index (χ0n) is 25.3. The van der Waals surface area contributed by atoms with E-state index in [9.17, 15) is 9.59 Å². The van der Waals surface area contributed by atoms with E-state index in [1.165, 1.54) is 0 Å². The summed E-state index contributed by atoms with van der Waals surface area (Å²) in [5.41, 5.74) is 3.85. The standard InChI is InChI=1S/C35H36N2O7/c1-41-26-14-13-24(20-27(26)42-2)31-30(22-11-7-5-8-12-22)33(34(39)35(40)36-16-9-6-10-18-38)37-17-15-23-19-28(43-3)29(44-4)21-25(23)32(31)37/h5,7-8,11-15,17,19-21,38H,6,9-10,16,18H2,1-4H3,(H,36,40). The summed E-state index contributed by atoms with van der Waals surface area (Å²) >= 11 is 0. The molecule has 0 radical (unpaired) electrons. The van der Waals surface area contributed by atoms with Crippen molar-refractivity contribution in [2.45, 2.75) is 19.3 Å². The Balaban J connectivity index is 1.85. The Bertz CT molecular complexity index is 1810. The lowest BCUT2D eigenvalue weighted by Crippen LogP contribution is -2.32. The van der Waals surface area contributed by atoms with Crippen LogP contribution in [-0.4, -0.2) is 62.8 Å². The molecule has 9 heteroatoms. The molecular formula is C35H36N2O7. The maximum atomic E-state index is 14.1. The number of pyridine rings is 1. The van der Waals surface area contributed by atoms with Crippen molar-refractivity contribution in [2.24, 2.45) is 0 Å². The van der Waals surface area contributed by atoms with E-state index in [-0.39, 0.29) is 12.3 Å². The molecule has 0 saturated heterocycles. The Hall–Kier alpha value is -5.02. The molecule has 1 amide bonds. The third-order valence-corrected chi connectivity index (χ3v) is 7.70. The third-order valence-electron chi connectivity index (χ3n) is 7.70. The van der Waals surface area contributed by atoms with Crippen molar-refractivity contribution < 1.29 is 33.6 Å². The SMILES string of the molecule is COc1ccc(-c2c(-c3ccccc3)c(C(=O)C(=O)NCCCCCO)n3ccc4cc(OC)c(OC)cc4c23)cc1OC. The molecule has 5 aromatic rings. The zero-order chi connectivity index (χ0) is 31.2. The van der Waals surface area contributed by atoms with Crippen molar-refractivity contribution in [1.29, 1.82) is 0 Å². The smallest absolute Gasteiger partial charge is 0.294 e. The minimum atomic E-state index is -0.697. The minimum absolute atomic E-state index is 0.0903. The second kappa shape index (κ2) is 13.5. The number of benzene rings is 3. The number of ketones is 1. The van der Waals surface area contributed by atoms with Gasteiger partial charge in [-0.15, -0.1) is 0 Å². The number of rotatable bonds is 13. The molecule has 0 aliphatic carbocycles. The number of amides is 1. The zero-order valence-corrected chi connectivity index (χ0v) is 25.3. The molecule has 5 rings (SSSR count). The highest BCUT2D eigenvalue weighted by Gasteiger charge is 2.30. The van der Waals surface area contributed by atoms with Gasteiger partial charge in [0.25, 0.3) is 11.7 Å². The van der Waals surface area contributed by atoms with Crippen LogP contribution in [0.2, 0.25) is 0 Å². The van der Waals surface area contributed by atoms with E-state index in [0.29, 0.717) is 53.5 Å². The predicted octanol–water partition coefficient (Wildman–Crippen LogP) is 5.92. The van der Waals surface area contributed by atoms with E-state index in [0.717, 1.165) is 33.9 Å². The van der Waals surface area contributed by atoms with Crippen molar-refractivity contribution >= 4 is 28.0 Å². The number of aliphatic hydroxyl groups is 1. The fourth-order valence-corrected chi connectivity index (χ4v) is 5.58. The first kappa shape index (κ1) is 30.4. The van der Waals surface area contributed by atoms with Crippen LogP contribution in [0.1, 0.15) is 29.8 Å². The van der Waals surface area contributed by atoms with Crippen molar-refractivity contribution in [3.05, 3.63) is 78.6 Å². The lowest BCUT2D eigenvalue weighted by molar-refractivity contribution is -0.117. The second-order valence-corrected chi connectivity index (χ2v) is 10.2. The lowest BCUT2D eigenvalue weighted by Gasteiger charge is -2.13. The van der Waals surface area contributed by atoms with Crippen molar-refractivity contribution in [3.8, 4) is 45.3 Å². The molecule has 2 N–H and O–H groups in total. The monoisotopic (exact) mass is 596 g/mol. The van der Waals surface area contributed by atoms with E-state index in [1.54, 1.807) is 32.8 Å². The van der Waals surface area contributed by atoms with Gasteiger partial charge in [0, 0.05) is 35.9 Å². The molecule has 3 aromatic carbocycles. The molecule has 44 heavy (non-hydrogen) atoms. The molecule has 2 heterocycles. The van der Waals surface area contributed by atoms with Gasteiger partial charge in [-0.05, 0) is 66.1 Å². The Morgan fingerprint density at radius 1 is 0.727 bits per heavy atom. The van der Waals surface area contributed by atoms with Crippen LogP contribution in [0.15, 0.2) is 72.9 Å². The molecule has 0 unspecified atom stereocenters. The molecule has 0 aliphatic heterocycles. The van der Waals surface area contributed by atoms with Gasteiger partial charge < -0.3 is 33.8 Å². The molecule has 0 bridgehead atoms. The van der Waals surface area contributed by atoms with E-state index in [2.05, 4.69) is 5.32 Å². The number of Topliss-reactive ketones (excluding diaryl/α,β-unsaturated/α-hetero) is 1. The summed E-state index contributed by atoms with van der Waals surface area (Å²) in [6.45, 7) is 0.421. The summed E-state index contributed by atoms with van der Waals surface area (Å²) in [6, 6.07) is 20.8. The fourth-order valence-electron chi connectivity index (χ4n) is 5.58. The molecule has 9 nitrogen and oxygen atoms in total. The summed E-state index contributed by atoms with van der Waals surface area (Å²) in [6.07, 6.45) is 3.85. The molecule has 0 atom stereocenters. The summed E-state index contributed by atoms with van der Waals surface area (Å²) in [5, 5.41) is 13.5. The second-order valence-electron chi connectivity index (χ2n) is 10.2. The maximum absolute atomic E-state index is 14.1. The van der Waals surface area contributed by atoms with Gasteiger partial charge in [0.1, 0.15) is 5.69 Å². The largest absolute Gasteiger partial charge is 0.493 e. The van der Waals surface area contributed by atoms with Gasteiger partial charge in [0.2, 0.25) is 0 Å². The lowest BCUT2D eigenvalue weighted by atomic mass is 9.93. The van der Waals surface area contributed by atoms with Crippen LogP contribution < -0.4 is 24.3 Å². The quantitative estimate of drug-likeness (QED) is 0.0987. The average molecular weight is 597 g/mol. The molecule has 0 spiro atoms. The molecule has 2 aromatic heterocycles. The van der Waals surface area contributed by atoms with Crippen LogP contribution in [0, 0.1) is 0 Å². The number of fused-ring (bicyclic) bond motifs is 3. The highest BCUT2D eigenvalue weighted by Crippen LogP contribution is 2.46. The summed E-state index contributed by atoms with van der Waals surface area (Å²) in [5.74, 6) is 0.834. The van der Waals surface area contributed by atoms with Crippen molar-refractivity contribution in [1.82, 2.24) is 9.72 Å². The van der Waals surface area contributed by atoms with Crippen LogP contribution in [0.5, 0.6) is 23.0 Å². The number of carbonyl (C=O) groups is 2. The van der Waals surface area contributed by atoms with Crippen LogP contribution in [0.25, 0.3) is 38.5 Å². The number of hydrogen-bond acceptors (Lipinski definition) is 7. The Morgan fingerprint density at radius 3 is 2.09 bits per heavy atom. The van der Waals surface area contributed by atoms with E-state index in [4.69, 9.17) is 24.1 Å². The van der Waals surface area contributed by atoms with Gasteiger partial charge in [-0.3, -0.25) is 9.59 Å². The number of unbranched alkanes of at least 4 members (excludes halogenated alkanes) is 2. The molecule has 0 saturated carbocycles. The van der Waals surface area contributed by atoms with Gasteiger partial charge >= 0.3 is 0 Å². The van der Waals surface area contributed by atoms with Crippen LogP contribution in [0.4, 0.5) is 0 Å². The number of methoxy groups -OCH3 is 4. The van der Waals surface area contributed by atoms with Gasteiger partial charge in [-0.2, -0.15) is 0 Å². The first-order valence-corrected chi connectivity index (χ1v) is 14.4. The highest BCUT2D eigenvalue weighted by molar-refractivity contribution is 6.44. The predicted molar refractivity (Wildman–Crippen MR) is 170 cm³/mol. The number of carbonyl (C=O) groups excluding carboxylic acids is 2. The van der Waals surface area contributed by atoms with Gasteiger partial charge in [-0.25, -0.2) is 0 Å². The number of hydrogen-bond donors (Lipinski definition) is 2. The van der Waals surface area contributed by atoms with Crippen LogP contribution in [0.3, 0.4) is 0 Å². The van der Waals surface area contributed by atoms with Crippen molar-refractivity contribution in [2.75, 3.05) is 41.6 Å². The van der Waals surface area contributed by atoms with Gasteiger partial charge in [0.05, 0.1) is 34.0 Å². The number of aromatic nitrogens is 1. The van der Waals surface area contributed by atoms with Gasteiger partial charge in [0.15, 0.2) is 23.0 Å². The maximum Gasteiger partial charge on any atom is 0.294 e. The summed E-state index contributed by atoms with van der Waals surface area (Å²) in [4.78, 5) is 27.5. The Morgan fingerprint density at radius 2 is 1.41 bits per heavy atom. The number of nitrogens with one attached hydrogen (secondary N) is 1. The highest BCUT2D eigenvalue weighted by atomic mass is 16.5. The van der Waals surface area contributed by atoms with Crippen LogP contribution >= 0.6 is 0 Å².